The van der Waals surface area contributed by atoms with Gasteiger partial charge in [0.05, 0.1) is 24.8 Å². The largest absolute Gasteiger partial charge is 0.489 e. The average molecular weight is 829 g/mol. The molecule has 2 aliphatic heterocycles. The molecule has 0 unspecified atom stereocenters. The Balaban J connectivity index is 1.42. The number of fused-ring (bicyclic) bond motifs is 3. The van der Waals surface area contributed by atoms with Crippen LogP contribution in [0.25, 0.3) is 0 Å². The second kappa shape index (κ2) is 20.0. The van der Waals surface area contributed by atoms with E-state index in [9.17, 15) is 19.4 Å². The van der Waals surface area contributed by atoms with Crippen molar-refractivity contribution in [2.75, 3.05) is 39.8 Å². The lowest BCUT2D eigenvalue weighted by Gasteiger charge is -2.59. The minimum Gasteiger partial charge on any atom is -0.489 e. The van der Waals surface area contributed by atoms with Crippen molar-refractivity contribution in [2.45, 2.75) is 89.7 Å². The highest BCUT2D eigenvalue weighted by atomic mass is 19.1. The van der Waals surface area contributed by atoms with Crippen LogP contribution in [-0.4, -0.2) is 78.6 Å². The van der Waals surface area contributed by atoms with Gasteiger partial charge in [0.2, 0.25) is 12.6 Å². The fraction of sp³-hybridized carbons (Fsp3) is 0.489. The zero-order valence-corrected chi connectivity index (χ0v) is 34.6. The Kier molecular flexibility index (Phi) is 14.3. The second-order valence-electron chi connectivity index (χ2n) is 15.6. The molecule has 2 aliphatic carbocycles. The number of unbranched alkanes of at least 4 members (excludes halogenated alkanes) is 2. The molecule has 0 saturated heterocycles. The van der Waals surface area contributed by atoms with Gasteiger partial charge in [-0.3, -0.25) is 4.90 Å². The molecule has 13 heteroatoms. The summed E-state index contributed by atoms with van der Waals surface area (Å²) in [4.78, 5) is 21.9. The summed E-state index contributed by atoms with van der Waals surface area (Å²) < 4.78 is 52.5. The summed E-state index contributed by atoms with van der Waals surface area (Å²) in [5, 5.41) is 24.6. The molecule has 322 valence electrons. The van der Waals surface area contributed by atoms with Gasteiger partial charge in [0.1, 0.15) is 36.6 Å². The minimum atomic E-state index is -1.48. The van der Waals surface area contributed by atoms with E-state index in [-0.39, 0.29) is 76.4 Å². The van der Waals surface area contributed by atoms with Crippen LogP contribution >= 0.6 is 0 Å². The van der Waals surface area contributed by atoms with E-state index in [4.69, 9.17) is 38.4 Å². The molecule has 7 rings (SSSR count). The standard InChI is InChI=1S/C47H57FN2O10/c1-4-23-58-47-43(50(46(53)54-5-2)28-31-17-19-41-42(24-31)57-30-56-41)27-39(49-59-6-3)36-25-32(13-9-11-21-51)35(15-10-12-22-52)44(45(36)47)37-26-34(18-20-40(37)60-47)55-29-33-14-7-8-16-38(33)48/h4,7-8,14,16-20,24-26,32,35,43-45,51-52H,1,5-6,9-13,15,21-23,27-30H2,2-3H3/t32-,35+,43-,44+,45+,47+/m0/s1. The van der Waals surface area contributed by atoms with Crippen LogP contribution in [0.15, 0.2) is 90.1 Å². The molecule has 1 amide bonds. The number of halogens is 1. The van der Waals surface area contributed by atoms with Crippen molar-refractivity contribution in [1.82, 2.24) is 4.90 Å². The van der Waals surface area contributed by atoms with E-state index in [1.165, 1.54) is 6.07 Å². The van der Waals surface area contributed by atoms with Gasteiger partial charge < -0.3 is 43.5 Å². The van der Waals surface area contributed by atoms with Gasteiger partial charge in [-0.2, -0.15) is 0 Å². The van der Waals surface area contributed by atoms with E-state index in [0.29, 0.717) is 53.7 Å². The Hall–Kier alpha value is -5.11. The lowest BCUT2D eigenvalue weighted by atomic mass is 9.55. The smallest absolute Gasteiger partial charge is 0.410 e. The van der Waals surface area contributed by atoms with Crippen molar-refractivity contribution >= 4 is 11.8 Å². The molecule has 0 bridgehead atoms. The lowest BCUT2D eigenvalue weighted by Crippen LogP contribution is -2.70. The first-order chi connectivity index (χ1) is 29.3. The number of carbonyl (C=O) groups excluding carboxylic acids is 1. The quantitative estimate of drug-likeness (QED) is 0.0649. The number of carbonyl (C=O) groups is 1. The monoisotopic (exact) mass is 828 g/mol. The van der Waals surface area contributed by atoms with Crippen LogP contribution < -0.4 is 18.9 Å². The predicted molar refractivity (Wildman–Crippen MR) is 222 cm³/mol. The molecule has 2 heterocycles. The average Bonchev–Trinajstić information content (AvgIpc) is 3.73. The van der Waals surface area contributed by atoms with E-state index in [0.717, 1.165) is 42.4 Å². The Bertz CT molecular complexity index is 2020. The summed E-state index contributed by atoms with van der Waals surface area (Å²) >= 11 is 0. The van der Waals surface area contributed by atoms with Gasteiger partial charge in [-0.1, -0.05) is 54.4 Å². The summed E-state index contributed by atoms with van der Waals surface area (Å²) in [6, 6.07) is 17.0. The summed E-state index contributed by atoms with van der Waals surface area (Å²) in [5.41, 5.74) is 3.71. The maximum Gasteiger partial charge on any atom is 0.410 e. The fourth-order valence-electron chi connectivity index (χ4n) is 9.40. The van der Waals surface area contributed by atoms with Crippen LogP contribution in [-0.2, 0) is 27.5 Å². The van der Waals surface area contributed by atoms with Crippen LogP contribution in [0.2, 0.25) is 0 Å². The third-order valence-corrected chi connectivity index (χ3v) is 12.0. The number of nitrogens with zero attached hydrogens (tertiary/aromatic N) is 2. The van der Waals surface area contributed by atoms with Gasteiger partial charge in [-0.15, -0.1) is 6.58 Å². The van der Waals surface area contributed by atoms with Crippen molar-refractivity contribution in [3.63, 3.8) is 0 Å². The summed E-state index contributed by atoms with van der Waals surface area (Å²) in [6.45, 7) is 8.67. The van der Waals surface area contributed by atoms with E-state index >= 15 is 0 Å². The van der Waals surface area contributed by atoms with Crippen LogP contribution in [0.1, 0.15) is 81.4 Å². The maximum absolute atomic E-state index is 14.7. The molecule has 12 nitrogen and oxygen atoms in total. The zero-order chi connectivity index (χ0) is 42.1. The highest BCUT2D eigenvalue weighted by Gasteiger charge is 2.65. The third kappa shape index (κ3) is 8.99. The number of hydrogen-bond acceptors (Lipinski definition) is 11. The van der Waals surface area contributed by atoms with E-state index < -0.39 is 23.8 Å². The first kappa shape index (κ1) is 43.0. The van der Waals surface area contributed by atoms with Gasteiger partial charge in [0.25, 0.3) is 0 Å². The molecule has 0 spiro atoms. The molecule has 60 heavy (non-hydrogen) atoms. The number of ether oxygens (including phenoxy) is 6. The molecule has 4 aliphatic rings. The van der Waals surface area contributed by atoms with Crippen molar-refractivity contribution in [3.05, 3.63) is 107 Å². The number of allylic oxidation sites excluding steroid dienone is 1. The molecule has 6 atom stereocenters. The molecule has 3 aromatic carbocycles. The molecule has 0 radical (unpaired) electrons. The van der Waals surface area contributed by atoms with Crippen LogP contribution in [0, 0.1) is 23.6 Å². The Labute approximate surface area is 351 Å². The van der Waals surface area contributed by atoms with E-state index in [2.05, 4.69) is 12.7 Å². The first-order valence-corrected chi connectivity index (χ1v) is 21.2. The molecule has 2 N–H and O–H groups in total. The second-order valence-corrected chi connectivity index (χ2v) is 15.6. The van der Waals surface area contributed by atoms with Crippen LogP contribution in [0.5, 0.6) is 23.0 Å². The van der Waals surface area contributed by atoms with Crippen LogP contribution in [0.3, 0.4) is 0 Å². The Morgan fingerprint density at radius 3 is 2.53 bits per heavy atom. The number of aliphatic hydroxyl groups is 2. The molecule has 1 fully saturated rings. The number of oxime groups is 1. The number of hydrogen-bond donors (Lipinski definition) is 2. The number of amides is 1. The lowest BCUT2D eigenvalue weighted by molar-refractivity contribution is -0.256. The molecule has 1 saturated carbocycles. The normalized spacial score (nSPS) is 24.1. The van der Waals surface area contributed by atoms with Gasteiger partial charge in [0.15, 0.2) is 11.5 Å². The van der Waals surface area contributed by atoms with Crippen molar-refractivity contribution in [3.8, 4) is 23.0 Å². The molecular weight excluding hydrogens is 772 g/mol. The SMILES string of the molecule is C=CCO[C@@]12Oc3ccc(OCc4ccccc4F)cc3[C@H]3[C@H](CCCCO)[C@@H](CCCCO)C=C(C(=NOCC)C[C@@H]1N(Cc1ccc4c(c1)OCO4)C(=O)OCC)[C@H]32. The Morgan fingerprint density at radius 2 is 1.77 bits per heavy atom. The fourth-order valence-corrected chi connectivity index (χ4v) is 9.40. The number of rotatable bonds is 20. The topological polar surface area (TPSA) is 138 Å². The Morgan fingerprint density at radius 1 is 0.983 bits per heavy atom. The zero-order valence-electron chi connectivity index (χ0n) is 34.6. The van der Waals surface area contributed by atoms with Gasteiger partial charge in [-0.05, 0) is 98.9 Å². The molecule has 3 aromatic rings. The summed E-state index contributed by atoms with van der Waals surface area (Å²) in [7, 11) is 0. The predicted octanol–water partition coefficient (Wildman–Crippen LogP) is 8.45. The summed E-state index contributed by atoms with van der Waals surface area (Å²) in [6.07, 6.45) is 8.08. The van der Waals surface area contributed by atoms with E-state index in [1.807, 2.05) is 43.3 Å². The highest BCUT2D eigenvalue weighted by molar-refractivity contribution is 6.03. The maximum atomic E-state index is 14.7. The minimum absolute atomic E-state index is 0.0113. The van der Waals surface area contributed by atoms with Gasteiger partial charge in [0, 0.05) is 43.2 Å². The molecule has 0 aromatic heterocycles. The van der Waals surface area contributed by atoms with Gasteiger partial charge >= 0.3 is 6.09 Å². The van der Waals surface area contributed by atoms with Gasteiger partial charge in [-0.25, -0.2) is 9.18 Å². The molecular formula is C47H57FN2O10. The number of benzene rings is 3. The first-order valence-electron chi connectivity index (χ1n) is 21.2. The summed E-state index contributed by atoms with van der Waals surface area (Å²) in [5.74, 6) is -0.217. The van der Waals surface area contributed by atoms with Crippen molar-refractivity contribution in [2.24, 2.45) is 22.9 Å². The van der Waals surface area contributed by atoms with Crippen molar-refractivity contribution in [1.29, 1.82) is 0 Å². The highest BCUT2D eigenvalue weighted by Crippen LogP contribution is 2.62. The number of aliphatic hydroxyl groups excluding tert-OH is 2. The van der Waals surface area contributed by atoms with Crippen LogP contribution in [0.4, 0.5) is 9.18 Å². The van der Waals surface area contributed by atoms with Crippen molar-refractivity contribution < 1.29 is 52.7 Å². The third-order valence-electron chi connectivity index (χ3n) is 12.0. The van der Waals surface area contributed by atoms with E-state index in [1.54, 1.807) is 36.1 Å².